The summed E-state index contributed by atoms with van der Waals surface area (Å²) in [5.41, 5.74) is 7.74. The van der Waals surface area contributed by atoms with Crippen LogP contribution in [0.3, 0.4) is 0 Å². The molecule has 6 heteroatoms. The van der Waals surface area contributed by atoms with Crippen LogP contribution < -0.4 is 16.0 Å². The number of aliphatic hydroxyl groups is 1. The van der Waals surface area contributed by atoms with Crippen LogP contribution in [-0.4, -0.2) is 61.2 Å². The van der Waals surface area contributed by atoms with Gasteiger partial charge in [0.1, 0.15) is 0 Å². The van der Waals surface area contributed by atoms with E-state index >= 15 is 0 Å². The molecule has 2 fully saturated rings. The van der Waals surface area contributed by atoms with Crippen molar-refractivity contribution in [1.82, 2.24) is 10.2 Å². The minimum absolute atomic E-state index is 0.168. The molecule has 0 radical (unpaired) electrons. The zero-order valence-corrected chi connectivity index (χ0v) is 19.3. The molecule has 3 rings (SSSR count). The van der Waals surface area contributed by atoms with E-state index in [2.05, 4.69) is 33.3 Å². The molecule has 0 spiro atoms. The summed E-state index contributed by atoms with van der Waals surface area (Å²) in [4.78, 5) is 16.9. The highest BCUT2D eigenvalue weighted by molar-refractivity contribution is 5.76. The second kappa shape index (κ2) is 12.4. The van der Waals surface area contributed by atoms with Gasteiger partial charge in [-0.2, -0.15) is 0 Å². The summed E-state index contributed by atoms with van der Waals surface area (Å²) in [6.07, 6.45) is 7.69. The molecular formula is C25H42N4O2. The number of carbonyl (C=O) groups is 1. The highest BCUT2D eigenvalue weighted by Gasteiger charge is 2.24. The van der Waals surface area contributed by atoms with Gasteiger partial charge in [0.15, 0.2) is 0 Å². The number of amides is 1. The third-order valence-electron chi connectivity index (χ3n) is 7.05. The van der Waals surface area contributed by atoms with Gasteiger partial charge < -0.3 is 21.1 Å². The molecule has 1 aromatic rings. The van der Waals surface area contributed by atoms with Gasteiger partial charge in [-0.15, -0.1) is 0 Å². The molecule has 1 heterocycles. The second-order valence-electron chi connectivity index (χ2n) is 9.31. The number of nitrogens with zero attached hydrogens (tertiary/aromatic N) is 2. The van der Waals surface area contributed by atoms with Gasteiger partial charge >= 0.3 is 0 Å². The first-order valence-corrected chi connectivity index (χ1v) is 12.3. The molecule has 1 atom stereocenters. The van der Waals surface area contributed by atoms with E-state index in [9.17, 15) is 9.90 Å². The first-order chi connectivity index (χ1) is 15.1. The number of rotatable bonds is 10. The lowest BCUT2D eigenvalue weighted by molar-refractivity contribution is -0.122. The predicted octanol–water partition coefficient (Wildman–Crippen LogP) is 3.06. The third kappa shape index (κ3) is 7.48. The predicted molar refractivity (Wildman–Crippen MR) is 127 cm³/mol. The molecule has 1 unspecified atom stereocenters. The van der Waals surface area contributed by atoms with Crippen LogP contribution in [0.4, 0.5) is 5.69 Å². The number of carbonyl (C=O) groups excluding carboxylic acids is 1. The summed E-state index contributed by atoms with van der Waals surface area (Å²) in [6.45, 7) is 8.09. The van der Waals surface area contributed by atoms with Crippen molar-refractivity contribution < 1.29 is 9.90 Å². The number of nitrogens with two attached hydrogens (primary N) is 1. The van der Waals surface area contributed by atoms with Crippen molar-refractivity contribution in [3.63, 3.8) is 0 Å². The maximum absolute atomic E-state index is 11.9. The van der Waals surface area contributed by atoms with Gasteiger partial charge in [-0.3, -0.25) is 9.69 Å². The lowest BCUT2D eigenvalue weighted by Gasteiger charge is -2.37. The average molecular weight is 431 g/mol. The number of aliphatic hydroxyl groups excluding tert-OH is 1. The number of piperazine rings is 1. The van der Waals surface area contributed by atoms with Crippen LogP contribution in [0, 0.1) is 5.92 Å². The quantitative estimate of drug-likeness (QED) is 0.531. The zero-order chi connectivity index (χ0) is 22.1. The standard InChI is InChI=1S/C25H42N4O2/c1-2-24(30)21-5-3-6-23(19-21)29-17-15-28(16-18-29)14-12-20-8-10-22(11-9-20)27-25(31)7-4-13-26/h3,5-6,19-20,22,24,30H,2,4,7-18,26H2,1H3,(H,27,31). The summed E-state index contributed by atoms with van der Waals surface area (Å²) < 4.78 is 0. The van der Waals surface area contributed by atoms with Gasteiger partial charge in [-0.05, 0) is 81.6 Å². The van der Waals surface area contributed by atoms with Crippen molar-refractivity contribution >= 4 is 11.6 Å². The Balaban J connectivity index is 1.34. The molecule has 1 saturated carbocycles. The monoisotopic (exact) mass is 430 g/mol. The molecule has 1 amide bonds. The molecule has 31 heavy (non-hydrogen) atoms. The van der Waals surface area contributed by atoms with Gasteiger partial charge in [0.25, 0.3) is 0 Å². The Bertz CT molecular complexity index is 667. The SMILES string of the molecule is CCC(O)c1cccc(N2CCN(CCC3CCC(NC(=O)CCCN)CC3)CC2)c1. The fourth-order valence-electron chi connectivity index (χ4n) is 4.92. The van der Waals surface area contributed by atoms with Crippen molar-refractivity contribution in [2.75, 3.05) is 44.2 Å². The number of nitrogens with one attached hydrogen (secondary N) is 1. The summed E-state index contributed by atoms with van der Waals surface area (Å²) in [5.74, 6) is 0.962. The second-order valence-corrected chi connectivity index (χ2v) is 9.31. The lowest BCUT2D eigenvalue weighted by Crippen LogP contribution is -2.47. The van der Waals surface area contributed by atoms with Crippen molar-refractivity contribution in [3.05, 3.63) is 29.8 Å². The minimum atomic E-state index is -0.365. The molecule has 1 aliphatic heterocycles. The van der Waals surface area contributed by atoms with E-state index in [1.807, 2.05) is 13.0 Å². The molecule has 0 aromatic heterocycles. The van der Waals surface area contributed by atoms with Crippen LogP contribution in [-0.2, 0) is 4.79 Å². The first-order valence-electron chi connectivity index (χ1n) is 12.3. The Morgan fingerprint density at radius 1 is 1.19 bits per heavy atom. The molecule has 4 N–H and O–H groups in total. The Kier molecular flexibility index (Phi) is 9.62. The van der Waals surface area contributed by atoms with E-state index in [0.29, 0.717) is 19.0 Å². The zero-order valence-electron chi connectivity index (χ0n) is 19.3. The van der Waals surface area contributed by atoms with E-state index in [-0.39, 0.29) is 12.0 Å². The van der Waals surface area contributed by atoms with Gasteiger partial charge in [0.2, 0.25) is 5.91 Å². The van der Waals surface area contributed by atoms with Crippen molar-refractivity contribution in [3.8, 4) is 0 Å². The molecule has 174 valence electrons. The highest BCUT2D eigenvalue weighted by atomic mass is 16.3. The summed E-state index contributed by atoms with van der Waals surface area (Å²) in [7, 11) is 0. The van der Waals surface area contributed by atoms with Gasteiger partial charge in [0, 0.05) is 44.3 Å². The highest BCUT2D eigenvalue weighted by Crippen LogP contribution is 2.28. The molecule has 2 aliphatic rings. The Hall–Kier alpha value is -1.63. The Morgan fingerprint density at radius 2 is 1.94 bits per heavy atom. The number of hydrogen-bond acceptors (Lipinski definition) is 5. The van der Waals surface area contributed by atoms with Crippen LogP contribution >= 0.6 is 0 Å². The largest absolute Gasteiger partial charge is 0.388 e. The fraction of sp³-hybridized carbons (Fsp3) is 0.720. The number of benzene rings is 1. The Labute approximate surface area is 188 Å². The molecular weight excluding hydrogens is 388 g/mol. The molecule has 1 aromatic carbocycles. The van der Waals surface area contributed by atoms with E-state index in [1.165, 1.54) is 31.5 Å². The van der Waals surface area contributed by atoms with E-state index in [1.54, 1.807) is 0 Å². The van der Waals surface area contributed by atoms with Gasteiger partial charge in [-0.25, -0.2) is 0 Å². The third-order valence-corrected chi connectivity index (χ3v) is 7.05. The van der Waals surface area contributed by atoms with Crippen LogP contribution in [0.25, 0.3) is 0 Å². The van der Waals surface area contributed by atoms with Crippen molar-refractivity contribution in [2.45, 2.75) is 70.4 Å². The van der Waals surface area contributed by atoms with Crippen molar-refractivity contribution in [2.24, 2.45) is 11.7 Å². The summed E-state index contributed by atoms with van der Waals surface area (Å²) in [6, 6.07) is 8.76. The normalized spacial score (nSPS) is 23.5. The molecule has 6 nitrogen and oxygen atoms in total. The van der Waals surface area contributed by atoms with E-state index in [0.717, 1.165) is 63.3 Å². The summed E-state index contributed by atoms with van der Waals surface area (Å²) in [5, 5.41) is 13.3. The molecule has 1 saturated heterocycles. The maximum Gasteiger partial charge on any atom is 0.220 e. The fourth-order valence-corrected chi connectivity index (χ4v) is 4.92. The number of hydrogen-bond donors (Lipinski definition) is 3. The van der Waals surface area contributed by atoms with E-state index < -0.39 is 0 Å². The number of anilines is 1. The first kappa shape index (κ1) is 24.0. The van der Waals surface area contributed by atoms with Gasteiger partial charge in [-0.1, -0.05) is 19.1 Å². The van der Waals surface area contributed by atoms with Crippen molar-refractivity contribution in [1.29, 1.82) is 0 Å². The lowest BCUT2D eigenvalue weighted by atomic mass is 9.84. The van der Waals surface area contributed by atoms with Gasteiger partial charge in [0.05, 0.1) is 6.10 Å². The van der Waals surface area contributed by atoms with Crippen LogP contribution in [0.2, 0.25) is 0 Å². The average Bonchev–Trinajstić information content (AvgIpc) is 2.82. The topological polar surface area (TPSA) is 81.8 Å². The molecule has 0 bridgehead atoms. The maximum atomic E-state index is 11.9. The summed E-state index contributed by atoms with van der Waals surface area (Å²) >= 11 is 0. The van der Waals surface area contributed by atoms with Crippen LogP contribution in [0.1, 0.15) is 70.0 Å². The Morgan fingerprint density at radius 3 is 2.61 bits per heavy atom. The van der Waals surface area contributed by atoms with E-state index in [4.69, 9.17) is 5.73 Å². The smallest absolute Gasteiger partial charge is 0.220 e. The van der Waals surface area contributed by atoms with Crippen LogP contribution in [0.15, 0.2) is 24.3 Å². The molecule has 1 aliphatic carbocycles. The minimum Gasteiger partial charge on any atom is -0.388 e. The van der Waals surface area contributed by atoms with Crippen LogP contribution in [0.5, 0.6) is 0 Å².